The van der Waals surface area contributed by atoms with Crippen molar-refractivity contribution in [3.8, 4) is 0 Å². The summed E-state index contributed by atoms with van der Waals surface area (Å²) in [5.74, 6) is 0.792. The highest BCUT2D eigenvalue weighted by Gasteiger charge is 2.13. The van der Waals surface area contributed by atoms with Gasteiger partial charge in [0.25, 0.3) is 0 Å². The number of hydrogen-bond acceptors (Lipinski definition) is 3. The number of hydrogen-bond donors (Lipinski definition) is 0. The van der Waals surface area contributed by atoms with E-state index in [4.69, 9.17) is 9.47 Å². The average molecular weight is 242 g/mol. The molecule has 0 bridgehead atoms. The fourth-order valence-corrected chi connectivity index (χ4v) is 2.44. The predicted octanol–water partition coefficient (Wildman–Crippen LogP) is 3.32. The molecule has 0 saturated heterocycles. The molecule has 0 amide bonds. The van der Waals surface area contributed by atoms with Gasteiger partial charge in [-0.3, -0.25) is 4.79 Å². The van der Waals surface area contributed by atoms with Crippen molar-refractivity contribution >= 4 is 5.97 Å². The molecule has 1 aliphatic carbocycles. The van der Waals surface area contributed by atoms with Crippen molar-refractivity contribution in [3.63, 3.8) is 0 Å². The predicted molar refractivity (Wildman–Crippen MR) is 67.9 cm³/mol. The molecule has 1 rings (SSSR count). The molecule has 0 unspecified atom stereocenters. The Morgan fingerprint density at radius 3 is 2.65 bits per heavy atom. The summed E-state index contributed by atoms with van der Waals surface area (Å²) < 4.78 is 10.2. The second kappa shape index (κ2) is 9.46. The molecular weight excluding hydrogens is 216 g/mol. The Bertz CT molecular complexity index is 198. The minimum Gasteiger partial charge on any atom is -0.463 e. The topological polar surface area (TPSA) is 35.5 Å². The molecule has 100 valence electrons. The van der Waals surface area contributed by atoms with Crippen LogP contribution < -0.4 is 0 Å². The van der Waals surface area contributed by atoms with Gasteiger partial charge < -0.3 is 9.47 Å². The fraction of sp³-hybridized carbons (Fsp3) is 0.929. The molecule has 1 fully saturated rings. The van der Waals surface area contributed by atoms with E-state index in [9.17, 15) is 4.79 Å². The molecular formula is C14H26O3. The number of ether oxygens (including phenoxy) is 2. The van der Waals surface area contributed by atoms with Crippen LogP contribution in [0.2, 0.25) is 0 Å². The van der Waals surface area contributed by atoms with Crippen LogP contribution in [0.25, 0.3) is 0 Å². The Morgan fingerprint density at radius 2 is 1.94 bits per heavy atom. The molecule has 0 aromatic rings. The van der Waals surface area contributed by atoms with Crippen molar-refractivity contribution in [2.75, 3.05) is 19.8 Å². The number of rotatable bonds is 8. The van der Waals surface area contributed by atoms with Crippen molar-refractivity contribution in [1.82, 2.24) is 0 Å². The van der Waals surface area contributed by atoms with Gasteiger partial charge in [0.05, 0.1) is 6.61 Å². The van der Waals surface area contributed by atoms with Crippen LogP contribution >= 0.6 is 0 Å². The monoisotopic (exact) mass is 242 g/mol. The first-order valence-electron chi connectivity index (χ1n) is 7.06. The van der Waals surface area contributed by atoms with Crippen molar-refractivity contribution in [2.24, 2.45) is 5.92 Å². The van der Waals surface area contributed by atoms with E-state index in [1.54, 1.807) is 0 Å². The molecule has 1 saturated carbocycles. The van der Waals surface area contributed by atoms with Crippen molar-refractivity contribution in [3.05, 3.63) is 0 Å². The summed E-state index contributed by atoms with van der Waals surface area (Å²) in [4.78, 5) is 11.4. The maximum Gasteiger partial charge on any atom is 0.305 e. The molecule has 0 aromatic carbocycles. The summed E-state index contributed by atoms with van der Waals surface area (Å²) in [7, 11) is 0. The van der Waals surface area contributed by atoms with E-state index in [0.29, 0.717) is 26.2 Å². The first-order chi connectivity index (χ1) is 8.33. The van der Waals surface area contributed by atoms with Crippen LogP contribution in [-0.4, -0.2) is 25.8 Å². The van der Waals surface area contributed by atoms with Crippen LogP contribution in [0.15, 0.2) is 0 Å². The summed E-state index contributed by atoms with van der Waals surface area (Å²) in [6.07, 6.45) is 9.63. The summed E-state index contributed by atoms with van der Waals surface area (Å²) in [5.41, 5.74) is 0. The number of esters is 1. The van der Waals surface area contributed by atoms with Crippen LogP contribution in [0.4, 0.5) is 0 Å². The van der Waals surface area contributed by atoms with E-state index in [-0.39, 0.29) is 5.97 Å². The average Bonchev–Trinajstić information content (AvgIpc) is 2.36. The zero-order valence-corrected chi connectivity index (χ0v) is 11.1. The zero-order valence-electron chi connectivity index (χ0n) is 11.1. The Hall–Kier alpha value is -0.570. The number of carbonyl (C=O) groups excluding carboxylic acids is 1. The SMILES string of the molecule is CCOCCOC(=O)CCCC1CCCCC1. The minimum absolute atomic E-state index is 0.0690. The van der Waals surface area contributed by atoms with E-state index >= 15 is 0 Å². The van der Waals surface area contributed by atoms with Gasteiger partial charge in [0.2, 0.25) is 0 Å². The lowest BCUT2D eigenvalue weighted by molar-refractivity contribution is -0.145. The number of carbonyl (C=O) groups is 1. The van der Waals surface area contributed by atoms with Gasteiger partial charge in [0.15, 0.2) is 0 Å². The second-order valence-corrected chi connectivity index (χ2v) is 4.81. The lowest BCUT2D eigenvalue weighted by atomic mass is 9.86. The van der Waals surface area contributed by atoms with E-state index in [1.807, 2.05) is 6.92 Å². The van der Waals surface area contributed by atoms with Crippen molar-refractivity contribution in [1.29, 1.82) is 0 Å². The van der Waals surface area contributed by atoms with Gasteiger partial charge in [-0.05, 0) is 25.7 Å². The van der Waals surface area contributed by atoms with Gasteiger partial charge >= 0.3 is 5.97 Å². The third-order valence-corrected chi connectivity index (χ3v) is 3.41. The summed E-state index contributed by atoms with van der Waals surface area (Å²) in [5, 5.41) is 0. The fourth-order valence-electron chi connectivity index (χ4n) is 2.44. The van der Waals surface area contributed by atoms with Crippen LogP contribution in [-0.2, 0) is 14.3 Å². The maximum absolute atomic E-state index is 11.4. The summed E-state index contributed by atoms with van der Waals surface area (Å²) in [6, 6.07) is 0. The molecule has 0 radical (unpaired) electrons. The van der Waals surface area contributed by atoms with Crippen LogP contribution in [0.5, 0.6) is 0 Å². The summed E-state index contributed by atoms with van der Waals surface area (Å²) >= 11 is 0. The first-order valence-corrected chi connectivity index (χ1v) is 7.06. The first kappa shape index (κ1) is 14.5. The minimum atomic E-state index is -0.0690. The van der Waals surface area contributed by atoms with Crippen LogP contribution in [0, 0.1) is 5.92 Å². The molecule has 0 heterocycles. The normalized spacial score (nSPS) is 17.0. The van der Waals surface area contributed by atoms with Gasteiger partial charge in [0, 0.05) is 13.0 Å². The van der Waals surface area contributed by atoms with Gasteiger partial charge in [-0.2, -0.15) is 0 Å². The third kappa shape index (κ3) is 7.37. The Kier molecular flexibility index (Phi) is 8.06. The zero-order chi connectivity index (χ0) is 12.3. The molecule has 3 nitrogen and oxygen atoms in total. The molecule has 0 spiro atoms. The Morgan fingerprint density at radius 1 is 1.18 bits per heavy atom. The second-order valence-electron chi connectivity index (χ2n) is 4.81. The Balaban J connectivity index is 1.92. The van der Waals surface area contributed by atoms with Crippen molar-refractivity contribution < 1.29 is 14.3 Å². The molecule has 0 aromatic heterocycles. The highest BCUT2D eigenvalue weighted by Crippen LogP contribution is 2.27. The van der Waals surface area contributed by atoms with Crippen LogP contribution in [0.3, 0.4) is 0 Å². The van der Waals surface area contributed by atoms with E-state index in [1.165, 1.54) is 38.5 Å². The molecule has 17 heavy (non-hydrogen) atoms. The van der Waals surface area contributed by atoms with E-state index < -0.39 is 0 Å². The third-order valence-electron chi connectivity index (χ3n) is 3.41. The molecule has 1 aliphatic rings. The smallest absolute Gasteiger partial charge is 0.305 e. The van der Waals surface area contributed by atoms with Gasteiger partial charge in [-0.25, -0.2) is 0 Å². The lowest BCUT2D eigenvalue weighted by Crippen LogP contribution is -2.11. The van der Waals surface area contributed by atoms with E-state index in [2.05, 4.69) is 0 Å². The quantitative estimate of drug-likeness (QED) is 0.484. The lowest BCUT2D eigenvalue weighted by Gasteiger charge is -2.20. The molecule has 3 heteroatoms. The van der Waals surface area contributed by atoms with Crippen molar-refractivity contribution in [2.45, 2.75) is 58.3 Å². The standard InChI is InChI=1S/C14H26O3/c1-2-16-11-12-17-14(15)10-6-9-13-7-4-3-5-8-13/h13H,2-12H2,1H3. The van der Waals surface area contributed by atoms with Gasteiger partial charge in [-0.1, -0.05) is 32.1 Å². The summed E-state index contributed by atoms with van der Waals surface area (Å²) in [6.45, 7) is 3.53. The largest absolute Gasteiger partial charge is 0.463 e. The Labute approximate surface area is 105 Å². The van der Waals surface area contributed by atoms with Gasteiger partial charge in [-0.15, -0.1) is 0 Å². The molecule has 0 aliphatic heterocycles. The van der Waals surface area contributed by atoms with Crippen LogP contribution in [0.1, 0.15) is 58.3 Å². The highest BCUT2D eigenvalue weighted by atomic mass is 16.6. The molecule has 0 N–H and O–H groups in total. The maximum atomic E-state index is 11.4. The van der Waals surface area contributed by atoms with E-state index in [0.717, 1.165) is 12.3 Å². The highest BCUT2D eigenvalue weighted by molar-refractivity contribution is 5.69. The molecule has 0 atom stereocenters. The van der Waals surface area contributed by atoms with Gasteiger partial charge in [0.1, 0.15) is 6.61 Å².